The van der Waals surface area contributed by atoms with Crippen LogP contribution in [0.5, 0.6) is 0 Å². The molecule has 0 fully saturated rings. The zero-order chi connectivity index (χ0) is 15.6. The first-order valence-corrected chi connectivity index (χ1v) is 8.48. The second-order valence-corrected chi connectivity index (χ2v) is 6.62. The summed E-state index contributed by atoms with van der Waals surface area (Å²) in [6.07, 6.45) is 3.67. The number of ketones is 2. The lowest BCUT2D eigenvalue weighted by Crippen LogP contribution is -2.30. The van der Waals surface area contributed by atoms with Gasteiger partial charge in [-0.05, 0) is 39.2 Å². The molecule has 0 aromatic rings. The van der Waals surface area contributed by atoms with Gasteiger partial charge >= 0.3 is 0 Å². The summed E-state index contributed by atoms with van der Waals surface area (Å²) >= 11 is 0. The van der Waals surface area contributed by atoms with Crippen LogP contribution < -0.4 is 5.73 Å². The highest BCUT2D eigenvalue weighted by Gasteiger charge is 2.29. The van der Waals surface area contributed by atoms with Crippen molar-refractivity contribution in [1.29, 1.82) is 0 Å². The highest BCUT2D eigenvalue weighted by molar-refractivity contribution is 7.87. The Hall–Kier alpha value is -0.790. The van der Waals surface area contributed by atoms with Gasteiger partial charge in [-0.3, -0.25) is 9.35 Å². The van der Waals surface area contributed by atoms with Crippen molar-refractivity contribution in [3.63, 3.8) is 0 Å². The molecule has 0 saturated heterocycles. The molecule has 7 heteroatoms. The molecule has 0 radical (unpaired) electrons. The summed E-state index contributed by atoms with van der Waals surface area (Å²) in [6.45, 7) is 2.00. The smallest absolute Gasteiger partial charge is 0.274 e. The second kappa shape index (κ2) is 10.0. The molecule has 0 aromatic carbocycles. The number of carbonyl (C=O) groups is 2. The number of Topliss-reactive ketones (excluding diaryl/α,β-unsaturated/α-hetero) is 2. The van der Waals surface area contributed by atoms with Gasteiger partial charge in [0.15, 0.2) is 5.78 Å². The Morgan fingerprint density at radius 1 is 1.05 bits per heavy atom. The quantitative estimate of drug-likeness (QED) is 0.417. The molecule has 1 atom stereocenters. The second-order valence-electron chi connectivity index (χ2n) is 5.02. The van der Waals surface area contributed by atoms with E-state index < -0.39 is 21.2 Å². The van der Waals surface area contributed by atoms with Crippen LogP contribution in [0.25, 0.3) is 0 Å². The van der Waals surface area contributed by atoms with Crippen LogP contribution in [0, 0.1) is 0 Å². The lowest BCUT2D eigenvalue weighted by atomic mass is 10.0. The Labute approximate surface area is 120 Å². The van der Waals surface area contributed by atoms with Gasteiger partial charge in [0.2, 0.25) is 0 Å². The third-order valence-electron chi connectivity index (χ3n) is 3.09. The molecule has 0 spiro atoms. The maximum atomic E-state index is 11.8. The third-order valence-corrected chi connectivity index (χ3v) is 4.31. The molecule has 1 unspecified atom stereocenters. The monoisotopic (exact) mass is 307 g/mol. The van der Waals surface area contributed by atoms with Crippen molar-refractivity contribution < 1.29 is 22.6 Å². The summed E-state index contributed by atoms with van der Waals surface area (Å²) < 4.78 is 31.6. The van der Waals surface area contributed by atoms with E-state index in [4.69, 9.17) is 10.3 Å². The number of hydrogen-bond acceptors (Lipinski definition) is 5. The molecule has 0 heterocycles. The van der Waals surface area contributed by atoms with Crippen LogP contribution in [0.1, 0.15) is 58.3 Å². The van der Waals surface area contributed by atoms with E-state index in [1.54, 1.807) is 0 Å². The van der Waals surface area contributed by atoms with Gasteiger partial charge < -0.3 is 10.5 Å². The van der Waals surface area contributed by atoms with Crippen molar-refractivity contribution in [2.45, 2.75) is 63.5 Å². The molecule has 0 aromatic heterocycles. The molecule has 0 amide bonds. The maximum Gasteiger partial charge on any atom is 0.274 e. The Morgan fingerprint density at radius 3 is 2.15 bits per heavy atom. The van der Waals surface area contributed by atoms with Crippen LogP contribution in [0.4, 0.5) is 0 Å². The number of unbranched alkanes of at least 4 members (excludes halogenated alkanes) is 3. The van der Waals surface area contributed by atoms with Gasteiger partial charge in [-0.2, -0.15) is 8.42 Å². The molecule has 3 N–H and O–H groups in total. The lowest BCUT2D eigenvalue weighted by Gasteiger charge is -2.12. The maximum absolute atomic E-state index is 11.8. The van der Waals surface area contributed by atoms with Crippen molar-refractivity contribution in [3.8, 4) is 0 Å². The predicted molar refractivity (Wildman–Crippen MR) is 77.0 cm³/mol. The Bertz CT molecular complexity index is 405. The normalized spacial score (nSPS) is 13.2. The van der Waals surface area contributed by atoms with E-state index >= 15 is 0 Å². The van der Waals surface area contributed by atoms with Crippen molar-refractivity contribution in [3.05, 3.63) is 0 Å². The first-order valence-electron chi connectivity index (χ1n) is 6.97. The minimum Gasteiger partial charge on any atom is -0.330 e. The first-order chi connectivity index (χ1) is 9.29. The molecule has 0 aliphatic rings. The zero-order valence-corrected chi connectivity index (χ0v) is 12.8. The lowest BCUT2D eigenvalue weighted by molar-refractivity contribution is -0.119. The van der Waals surface area contributed by atoms with E-state index in [0.29, 0.717) is 32.2 Å². The molecular formula is C13H25NO5S. The van der Waals surface area contributed by atoms with E-state index in [0.717, 1.165) is 12.8 Å². The molecule has 0 rings (SSSR count). The van der Waals surface area contributed by atoms with Crippen molar-refractivity contribution in [1.82, 2.24) is 0 Å². The van der Waals surface area contributed by atoms with Gasteiger partial charge in [0.1, 0.15) is 11.0 Å². The first kappa shape index (κ1) is 19.2. The molecule has 20 heavy (non-hydrogen) atoms. The summed E-state index contributed by atoms with van der Waals surface area (Å²) in [5, 5.41) is -1.35. The Balaban J connectivity index is 4.28. The van der Waals surface area contributed by atoms with Crippen molar-refractivity contribution in [2.24, 2.45) is 5.73 Å². The molecular weight excluding hydrogens is 282 g/mol. The predicted octanol–water partition coefficient (Wildman–Crippen LogP) is 1.48. The van der Waals surface area contributed by atoms with E-state index in [2.05, 4.69) is 0 Å². The molecule has 118 valence electrons. The standard InChI is InChI=1S/C13H25NO5S/c1-11(15)7-4-5-9-13(20(17,18)19)12(16)8-3-2-6-10-14/h13H,2-10,14H2,1H3,(H,17,18,19). The number of hydrogen-bond donors (Lipinski definition) is 2. The average Bonchev–Trinajstić information content (AvgIpc) is 2.32. The highest BCUT2D eigenvalue weighted by Crippen LogP contribution is 2.15. The minimum absolute atomic E-state index is 0.0292. The highest BCUT2D eigenvalue weighted by atomic mass is 32.2. The Kier molecular flexibility index (Phi) is 9.62. The SMILES string of the molecule is CC(=O)CCCCC(C(=O)CCCCCN)S(=O)(=O)O. The van der Waals surface area contributed by atoms with Gasteiger partial charge in [-0.15, -0.1) is 0 Å². The fraction of sp³-hybridized carbons (Fsp3) is 0.846. The summed E-state index contributed by atoms with van der Waals surface area (Å²) in [6, 6.07) is 0. The minimum atomic E-state index is -4.37. The molecule has 0 saturated carbocycles. The van der Waals surface area contributed by atoms with Crippen LogP contribution in [-0.2, 0) is 19.7 Å². The Morgan fingerprint density at radius 2 is 1.65 bits per heavy atom. The van der Waals surface area contributed by atoms with E-state index in [1.165, 1.54) is 6.92 Å². The van der Waals surface area contributed by atoms with Crippen LogP contribution >= 0.6 is 0 Å². The van der Waals surface area contributed by atoms with Crippen LogP contribution in [0.3, 0.4) is 0 Å². The molecule has 0 aliphatic heterocycles. The van der Waals surface area contributed by atoms with Crippen LogP contribution in [-0.4, -0.2) is 36.3 Å². The zero-order valence-electron chi connectivity index (χ0n) is 12.0. The van der Waals surface area contributed by atoms with E-state index in [1.807, 2.05) is 0 Å². The van der Waals surface area contributed by atoms with Crippen molar-refractivity contribution in [2.75, 3.05) is 6.54 Å². The van der Waals surface area contributed by atoms with Gasteiger partial charge in [-0.1, -0.05) is 12.8 Å². The molecule has 0 aliphatic carbocycles. The van der Waals surface area contributed by atoms with Crippen LogP contribution in [0.15, 0.2) is 0 Å². The number of rotatable bonds is 12. The van der Waals surface area contributed by atoms with Gasteiger partial charge in [0.25, 0.3) is 10.1 Å². The average molecular weight is 307 g/mol. The van der Waals surface area contributed by atoms with Gasteiger partial charge in [-0.25, -0.2) is 0 Å². The summed E-state index contributed by atoms with van der Waals surface area (Å²) in [7, 11) is -4.37. The van der Waals surface area contributed by atoms with Crippen molar-refractivity contribution >= 4 is 21.7 Å². The fourth-order valence-corrected chi connectivity index (χ4v) is 2.88. The molecule has 0 bridgehead atoms. The number of carbonyl (C=O) groups excluding carboxylic acids is 2. The third kappa shape index (κ3) is 9.17. The van der Waals surface area contributed by atoms with Crippen LogP contribution in [0.2, 0.25) is 0 Å². The summed E-state index contributed by atoms with van der Waals surface area (Å²) in [4.78, 5) is 22.6. The van der Waals surface area contributed by atoms with Gasteiger partial charge in [0, 0.05) is 12.8 Å². The number of nitrogens with two attached hydrogens (primary N) is 1. The topological polar surface area (TPSA) is 115 Å². The van der Waals surface area contributed by atoms with Gasteiger partial charge in [0.05, 0.1) is 0 Å². The van der Waals surface area contributed by atoms with E-state index in [9.17, 15) is 18.0 Å². The molecule has 6 nitrogen and oxygen atoms in total. The summed E-state index contributed by atoms with van der Waals surface area (Å²) in [5.74, 6) is -0.422. The summed E-state index contributed by atoms with van der Waals surface area (Å²) in [5.41, 5.74) is 5.33. The van der Waals surface area contributed by atoms with E-state index in [-0.39, 0.29) is 18.6 Å². The largest absolute Gasteiger partial charge is 0.330 e. The fourth-order valence-electron chi connectivity index (χ4n) is 1.96.